The molecule has 0 amide bonds. The van der Waals surface area contributed by atoms with E-state index in [1.165, 1.54) is 6.08 Å². The average Bonchev–Trinajstić information content (AvgIpc) is 3.92. The van der Waals surface area contributed by atoms with E-state index in [4.69, 9.17) is 42.5 Å². The molecule has 366 valence electrons. The number of oxazole rings is 2. The van der Waals surface area contributed by atoms with Crippen molar-refractivity contribution in [2.75, 3.05) is 0 Å². The van der Waals surface area contributed by atoms with Gasteiger partial charge in [0.15, 0.2) is 11.7 Å². The number of hydrogen-bond donors (Lipinski definition) is 3. The van der Waals surface area contributed by atoms with Gasteiger partial charge in [0.25, 0.3) is 0 Å². The summed E-state index contributed by atoms with van der Waals surface area (Å²) in [5, 5.41) is 33.8. The van der Waals surface area contributed by atoms with Crippen LogP contribution in [0.25, 0.3) is 12.2 Å². The zero-order chi connectivity index (χ0) is 47.8. The van der Waals surface area contributed by atoms with Gasteiger partial charge in [-0.15, -0.1) is 0 Å². The summed E-state index contributed by atoms with van der Waals surface area (Å²) in [6.07, 6.45) is 21.7. The smallest absolute Gasteiger partial charge is 0.330 e. The van der Waals surface area contributed by atoms with E-state index in [1.54, 1.807) is 18.6 Å². The predicted molar refractivity (Wildman–Crippen MR) is 258 cm³/mol. The van der Waals surface area contributed by atoms with Crippen LogP contribution >= 0.6 is 15.9 Å². The molecule has 8 bridgehead atoms. The lowest BCUT2D eigenvalue weighted by Crippen LogP contribution is -2.50. The molecule has 14 heteroatoms. The highest BCUT2D eigenvalue weighted by Crippen LogP contribution is 2.40. The quantitative estimate of drug-likeness (QED) is 0.117. The van der Waals surface area contributed by atoms with Gasteiger partial charge in [0.05, 0.1) is 55.3 Å². The van der Waals surface area contributed by atoms with Crippen molar-refractivity contribution in [1.82, 2.24) is 9.97 Å². The van der Waals surface area contributed by atoms with Crippen LogP contribution in [0.4, 0.5) is 0 Å². The molecule has 0 saturated carbocycles. The maximum atomic E-state index is 13.5. The number of carbonyl (C=O) groups excluding carboxylic acids is 1. The first-order valence-electron chi connectivity index (χ1n) is 24.2. The van der Waals surface area contributed by atoms with Crippen molar-refractivity contribution in [1.29, 1.82) is 0 Å². The molecular weight excluding hydrogens is 920 g/mol. The molecule has 67 heavy (non-hydrogen) atoms. The minimum absolute atomic E-state index is 0.00677. The van der Waals surface area contributed by atoms with Gasteiger partial charge in [0, 0.05) is 37.2 Å². The van der Waals surface area contributed by atoms with E-state index in [-0.39, 0.29) is 48.6 Å². The van der Waals surface area contributed by atoms with Crippen molar-refractivity contribution in [2.24, 2.45) is 23.7 Å². The largest absolute Gasteiger partial charge is 0.458 e. The van der Waals surface area contributed by atoms with Crippen LogP contribution in [0, 0.1) is 23.7 Å². The molecule has 0 aliphatic carbocycles. The Kier molecular flexibility index (Phi) is 17.7. The van der Waals surface area contributed by atoms with Gasteiger partial charge in [0.1, 0.15) is 36.1 Å². The van der Waals surface area contributed by atoms with E-state index in [0.29, 0.717) is 86.9 Å². The third-order valence-corrected chi connectivity index (χ3v) is 14.1. The lowest BCUT2D eigenvalue weighted by molar-refractivity contribution is -0.276. The fraction of sp³-hybridized carbons (Fsp3) is 0.604. The van der Waals surface area contributed by atoms with Crippen LogP contribution in [0.3, 0.4) is 0 Å². The van der Waals surface area contributed by atoms with Crippen LogP contribution in [0.1, 0.15) is 135 Å². The molecule has 0 aromatic carbocycles. The zero-order valence-electron chi connectivity index (χ0n) is 39.9. The van der Waals surface area contributed by atoms with Crippen molar-refractivity contribution in [3.63, 3.8) is 0 Å². The summed E-state index contributed by atoms with van der Waals surface area (Å²) >= 11 is 3.31. The van der Waals surface area contributed by atoms with Gasteiger partial charge in [-0.1, -0.05) is 97.8 Å². The van der Waals surface area contributed by atoms with Gasteiger partial charge in [-0.3, -0.25) is 0 Å². The fourth-order valence-electron chi connectivity index (χ4n) is 10.5. The number of allylic oxidation sites excluding steroid dienone is 4. The van der Waals surface area contributed by atoms with Crippen molar-refractivity contribution >= 4 is 34.1 Å². The monoisotopic (exact) mass is 990 g/mol. The minimum Gasteiger partial charge on any atom is -0.458 e. The first-order chi connectivity index (χ1) is 32.0. The van der Waals surface area contributed by atoms with Crippen molar-refractivity contribution < 1.29 is 52.6 Å². The molecule has 4 saturated heterocycles. The molecular formula is C53H71BrN2O11. The maximum absolute atomic E-state index is 13.5. The summed E-state index contributed by atoms with van der Waals surface area (Å²) in [5.41, 5.74) is 4.05. The third kappa shape index (κ3) is 14.2. The molecule has 7 heterocycles. The van der Waals surface area contributed by atoms with Gasteiger partial charge < -0.3 is 47.8 Å². The Bertz CT molecular complexity index is 2170. The molecule has 2 aromatic heterocycles. The highest BCUT2D eigenvalue weighted by molar-refractivity contribution is 9.11. The topological polar surface area (TPSA) is 176 Å². The SMILES string of the molecule is C=C1C[C@@H]2C[C@@H]3C[C@@H](O)C[C@@H](O3)c3coc(n3)/C=C/C[C@H]3O[C@@H](/C(C)=C/c4coc(C[C@]5(O)C[C@H](C)C[C@H]([C@H](O)/C=C(C)/C=C/[C@H](C)C/C=C/Br)O5)n4)[C@H](C)[C@@H](OC(=O)/C=C\C[C@@H](C1)O2)[C@H]3C. The summed E-state index contributed by atoms with van der Waals surface area (Å²) in [4.78, 5) is 24.8. The Labute approximate surface area is 404 Å². The lowest BCUT2D eigenvalue weighted by atomic mass is 9.79. The van der Waals surface area contributed by atoms with Gasteiger partial charge in [-0.2, -0.15) is 0 Å². The van der Waals surface area contributed by atoms with Gasteiger partial charge in [-0.25, -0.2) is 14.8 Å². The highest BCUT2D eigenvalue weighted by atomic mass is 79.9. The molecule has 15 atom stereocenters. The third-order valence-electron chi connectivity index (χ3n) is 13.7. The standard InChI is InChI=1S/C53H71BrN2O11/c1-31(11-10-18-54)16-17-32(2)21-44(58)47-22-34(4)27-53(60,67-47)28-49-55-38(29-61-49)23-35(5)51-37(7)52-36(6)45(65-51)13-9-14-48-56-43(30-62-48)46-25-39(57)24-42(64-46)26-41-20-33(3)19-40(63-41)12-8-15-50(59)66-52/h8-10,14-18,21,23,29-31,34,36-37,39-42,44-47,51-52,57-58,60H,3,11-13,19-20,22,24-28H2,1-2,4-7H3/b14-9+,15-8-,17-16+,18-10+,32-21+,35-23+/t31-,34-,36+,37+,39-,40+,41-,42+,44-,45-,46-,47-,51+,52+,53+/m1/s1. The summed E-state index contributed by atoms with van der Waals surface area (Å²) in [6, 6.07) is 0. The van der Waals surface area contributed by atoms with Gasteiger partial charge in [-0.05, 0) is 93.3 Å². The predicted octanol–water partition coefficient (Wildman–Crippen LogP) is 10.0. The van der Waals surface area contributed by atoms with Crippen LogP contribution in [0.5, 0.6) is 0 Å². The molecule has 0 unspecified atom stereocenters. The second kappa shape index (κ2) is 23.3. The Balaban J connectivity index is 1.06. The number of aliphatic hydroxyl groups excluding tert-OH is 2. The molecule has 0 spiro atoms. The number of halogens is 1. The summed E-state index contributed by atoms with van der Waals surface area (Å²) in [6.45, 7) is 16.5. The van der Waals surface area contributed by atoms with E-state index in [9.17, 15) is 20.1 Å². The van der Waals surface area contributed by atoms with Gasteiger partial charge >= 0.3 is 5.97 Å². The molecule has 2 aromatic rings. The second-order valence-corrected chi connectivity index (χ2v) is 20.5. The first kappa shape index (κ1) is 51.1. The second-order valence-electron chi connectivity index (χ2n) is 20.0. The van der Waals surface area contributed by atoms with Crippen molar-refractivity contribution in [2.45, 2.75) is 179 Å². The highest BCUT2D eigenvalue weighted by Gasteiger charge is 2.45. The van der Waals surface area contributed by atoms with E-state index < -0.39 is 48.4 Å². The molecule has 4 fully saturated rings. The number of fused-ring (bicyclic) bond motifs is 9. The van der Waals surface area contributed by atoms with Crippen molar-refractivity contribution in [3.8, 4) is 0 Å². The number of nitrogens with zero attached hydrogens (tertiary/aromatic N) is 2. The number of hydrogen-bond acceptors (Lipinski definition) is 13. The van der Waals surface area contributed by atoms with E-state index in [0.717, 1.165) is 23.1 Å². The molecule has 7 rings (SSSR count). The molecule has 5 aliphatic heterocycles. The Hall–Kier alpha value is -3.73. The summed E-state index contributed by atoms with van der Waals surface area (Å²) in [7, 11) is 0. The van der Waals surface area contributed by atoms with Crippen LogP contribution in [0.15, 0.2) is 92.2 Å². The summed E-state index contributed by atoms with van der Waals surface area (Å²) < 4.78 is 44.1. The van der Waals surface area contributed by atoms with E-state index in [2.05, 4.69) is 41.6 Å². The number of aromatic nitrogens is 2. The van der Waals surface area contributed by atoms with E-state index >= 15 is 0 Å². The van der Waals surface area contributed by atoms with Crippen LogP contribution in [-0.2, 0) is 34.9 Å². The molecule has 13 nitrogen and oxygen atoms in total. The number of carbonyl (C=O) groups is 1. The number of aliphatic hydroxyl groups is 3. The lowest BCUT2D eigenvalue weighted by Gasteiger charge is -2.44. The van der Waals surface area contributed by atoms with E-state index in [1.807, 2.05) is 70.0 Å². The normalized spacial score (nSPS) is 36.9. The molecule has 5 aliphatic rings. The molecule has 0 radical (unpaired) electrons. The fourth-order valence-corrected chi connectivity index (χ4v) is 10.7. The Morgan fingerprint density at radius 2 is 1.76 bits per heavy atom. The molecule has 3 N–H and O–H groups in total. The Morgan fingerprint density at radius 3 is 2.57 bits per heavy atom. The average molecular weight is 992 g/mol. The first-order valence-corrected chi connectivity index (χ1v) is 25.1. The zero-order valence-corrected chi connectivity index (χ0v) is 41.5. The minimum atomic E-state index is -1.58. The van der Waals surface area contributed by atoms with Crippen LogP contribution in [-0.4, -0.2) is 92.0 Å². The van der Waals surface area contributed by atoms with Crippen LogP contribution < -0.4 is 0 Å². The Morgan fingerprint density at radius 1 is 0.970 bits per heavy atom. The number of ether oxygens (including phenoxy) is 5. The van der Waals surface area contributed by atoms with Gasteiger partial charge in [0.2, 0.25) is 5.89 Å². The van der Waals surface area contributed by atoms with Crippen LogP contribution in [0.2, 0.25) is 0 Å². The van der Waals surface area contributed by atoms with Crippen molar-refractivity contribution in [3.05, 3.63) is 107 Å². The number of esters is 1. The maximum Gasteiger partial charge on any atom is 0.330 e. The number of rotatable bonds is 10. The summed E-state index contributed by atoms with van der Waals surface area (Å²) in [5.74, 6) is -1.26.